The summed E-state index contributed by atoms with van der Waals surface area (Å²) in [5.74, 6) is 0. The van der Waals surface area contributed by atoms with Gasteiger partial charge in [-0.25, -0.2) is 4.98 Å². The van der Waals surface area contributed by atoms with Gasteiger partial charge in [-0.3, -0.25) is 0 Å². The minimum atomic E-state index is 0.797. The Morgan fingerprint density at radius 3 is 2.62 bits per heavy atom. The zero-order chi connectivity index (χ0) is 14.7. The van der Waals surface area contributed by atoms with Gasteiger partial charge in [-0.2, -0.15) is 0 Å². The van der Waals surface area contributed by atoms with Crippen LogP contribution >= 0.6 is 15.9 Å². The first-order valence-corrected chi connectivity index (χ1v) is 7.59. The van der Waals surface area contributed by atoms with E-state index in [2.05, 4.69) is 75.6 Å². The smallest absolute Gasteiger partial charge is 0.0991 e. The number of nitrogens with one attached hydrogen (secondary N) is 1. The molecule has 0 aliphatic rings. The third-order valence-corrected chi connectivity index (χ3v) is 4.00. The quantitative estimate of drug-likeness (QED) is 0.754. The molecule has 0 aliphatic carbocycles. The summed E-state index contributed by atoms with van der Waals surface area (Å²) in [5.41, 5.74) is 4.72. The molecule has 0 saturated carbocycles. The first kappa shape index (κ1) is 13.9. The predicted octanol–water partition coefficient (Wildman–Crippen LogP) is 4.56. The Hall–Kier alpha value is -2.07. The van der Waals surface area contributed by atoms with Crippen molar-refractivity contribution in [2.75, 3.05) is 5.32 Å². The number of rotatable bonds is 4. The molecule has 0 spiro atoms. The van der Waals surface area contributed by atoms with Gasteiger partial charge in [0.1, 0.15) is 0 Å². The molecule has 1 aromatic heterocycles. The number of imidazole rings is 1. The van der Waals surface area contributed by atoms with E-state index in [9.17, 15) is 0 Å². The van der Waals surface area contributed by atoms with Crippen molar-refractivity contribution in [2.45, 2.75) is 13.5 Å². The number of hydrogen-bond donors (Lipinski definition) is 1. The van der Waals surface area contributed by atoms with E-state index in [4.69, 9.17) is 0 Å². The Kier molecular flexibility index (Phi) is 4.06. The van der Waals surface area contributed by atoms with Gasteiger partial charge in [0.15, 0.2) is 0 Å². The van der Waals surface area contributed by atoms with E-state index in [0.29, 0.717) is 0 Å². The first-order valence-electron chi connectivity index (χ1n) is 6.80. The van der Waals surface area contributed by atoms with Crippen molar-refractivity contribution in [3.63, 3.8) is 0 Å². The van der Waals surface area contributed by atoms with Gasteiger partial charge in [-0.1, -0.05) is 18.2 Å². The molecule has 0 atom stereocenters. The minimum absolute atomic E-state index is 0.797. The number of anilines is 1. The topological polar surface area (TPSA) is 29.9 Å². The highest BCUT2D eigenvalue weighted by Gasteiger charge is 2.01. The summed E-state index contributed by atoms with van der Waals surface area (Å²) in [7, 11) is 0. The lowest BCUT2D eigenvalue weighted by atomic mass is 10.2. The molecule has 3 nitrogen and oxygen atoms in total. The predicted molar refractivity (Wildman–Crippen MR) is 89.8 cm³/mol. The summed E-state index contributed by atoms with van der Waals surface area (Å²) in [6.07, 6.45) is 5.53. The largest absolute Gasteiger partial charge is 0.380 e. The second-order valence-corrected chi connectivity index (χ2v) is 5.83. The lowest BCUT2D eigenvalue weighted by Gasteiger charge is -2.10. The van der Waals surface area contributed by atoms with Crippen molar-refractivity contribution >= 4 is 21.6 Å². The molecule has 0 fully saturated rings. The maximum atomic E-state index is 4.06. The van der Waals surface area contributed by atoms with Crippen LogP contribution in [0.15, 0.2) is 65.7 Å². The molecule has 3 aromatic rings. The van der Waals surface area contributed by atoms with Crippen molar-refractivity contribution in [1.29, 1.82) is 0 Å². The molecule has 2 aromatic carbocycles. The van der Waals surface area contributed by atoms with Gasteiger partial charge in [0.25, 0.3) is 0 Å². The first-order chi connectivity index (χ1) is 10.2. The van der Waals surface area contributed by atoms with Crippen LogP contribution in [0.5, 0.6) is 0 Å². The van der Waals surface area contributed by atoms with E-state index >= 15 is 0 Å². The lowest BCUT2D eigenvalue weighted by molar-refractivity contribution is 1.05. The number of aromatic nitrogens is 2. The van der Waals surface area contributed by atoms with Crippen LogP contribution in [0.2, 0.25) is 0 Å². The lowest BCUT2D eigenvalue weighted by Crippen LogP contribution is -2.00. The molecule has 0 unspecified atom stereocenters. The number of benzene rings is 2. The van der Waals surface area contributed by atoms with E-state index in [1.807, 2.05) is 10.8 Å². The van der Waals surface area contributed by atoms with Crippen LogP contribution in [0, 0.1) is 6.92 Å². The van der Waals surface area contributed by atoms with Crippen molar-refractivity contribution in [1.82, 2.24) is 9.55 Å². The van der Waals surface area contributed by atoms with Crippen LogP contribution in [0.25, 0.3) is 5.69 Å². The van der Waals surface area contributed by atoms with Crippen LogP contribution in [-0.2, 0) is 6.54 Å². The molecule has 0 bridgehead atoms. The summed E-state index contributed by atoms with van der Waals surface area (Å²) >= 11 is 3.59. The fraction of sp³-hybridized carbons (Fsp3) is 0.118. The van der Waals surface area contributed by atoms with Gasteiger partial charge in [0.05, 0.1) is 6.33 Å². The Bertz CT molecular complexity index is 718. The average molecular weight is 342 g/mol. The third kappa shape index (κ3) is 3.34. The van der Waals surface area contributed by atoms with Crippen LogP contribution in [-0.4, -0.2) is 9.55 Å². The molecule has 3 rings (SSSR count). The summed E-state index contributed by atoms with van der Waals surface area (Å²) < 4.78 is 3.09. The van der Waals surface area contributed by atoms with E-state index in [1.165, 1.54) is 11.1 Å². The number of hydrogen-bond acceptors (Lipinski definition) is 2. The van der Waals surface area contributed by atoms with E-state index in [1.54, 1.807) is 12.5 Å². The molecule has 106 valence electrons. The molecule has 0 radical (unpaired) electrons. The van der Waals surface area contributed by atoms with Gasteiger partial charge in [-0.15, -0.1) is 0 Å². The molecule has 21 heavy (non-hydrogen) atoms. The van der Waals surface area contributed by atoms with Crippen LogP contribution < -0.4 is 5.32 Å². The molecule has 1 N–H and O–H groups in total. The highest BCUT2D eigenvalue weighted by atomic mass is 79.9. The SMILES string of the molecule is Cc1ccc(NCc2ccc(-n3ccnc3)cc2)c(Br)c1. The Balaban J connectivity index is 1.68. The van der Waals surface area contributed by atoms with Crippen molar-refractivity contribution in [3.05, 3.63) is 76.8 Å². The van der Waals surface area contributed by atoms with E-state index < -0.39 is 0 Å². The number of halogens is 1. The number of nitrogens with zero attached hydrogens (tertiary/aromatic N) is 2. The summed E-state index contributed by atoms with van der Waals surface area (Å²) in [5, 5.41) is 3.44. The van der Waals surface area contributed by atoms with Gasteiger partial charge in [0, 0.05) is 34.8 Å². The second kappa shape index (κ2) is 6.14. The fourth-order valence-electron chi connectivity index (χ4n) is 2.16. The van der Waals surface area contributed by atoms with Crippen molar-refractivity contribution < 1.29 is 0 Å². The Labute approximate surface area is 132 Å². The van der Waals surface area contributed by atoms with Gasteiger partial charge >= 0.3 is 0 Å². The molecular weight excluding hydrogens is 326 g/mol. The van der Waals surface area contributed by atoms with Crippen molar-refractivity contribution in [3.8, 4) is 5.69 Å². The minimum Gasteiger partial charge on any atom is -0.380 e. The fourth-order valence-corrected chi connectivity index (χ4v) is 2.79. The molecule has 0 aliphatic heterocycles. The maximum absolute atomic E-state index is 4.06. The highest BCUT2D eigenvalue weighted by Crippen LogP contribution is 2.24. The second-order valence-electron chi connectivity index (χ2n) is 4.97. The Morgan fingerprint density at radius 1 is 1.14 bits per heavy atom. The highest BCUT2D eigenvalue weighted by molar-refractivity contribution is 9.10. The van der Waals surface area contributed by atoms with Crippen LogP contribution in [0.4, 0.5) is 5.69 Å². The third-order valence-electron chi connectivity index (χ3n) is 3.35. The van der Waals surface area contributed by atoms with E-state index in [0.717, 1.165) is 22.4 Å². The van der Waals surface area contributed by atoms with Gasteiger partial charge in [0.2, 0.25) is 0 Å². The number of aryl methyl sites for hydroxylation is 1. The zero-order valence-corrected chi connectivity index (χ0v) is 13.3. The molecule has 0 amide bonds. The normalized spacial score (nSPS) is 10.6. The maximum Gasteiger partial charge on any atom is 0.0991 e. The standard InChI is InChI=1S/C17H16BrN3/c1-13-2-7-17(16(18)10-13)20-11-14-3-5-15(6-4-14)21-9-8-19-12-21/h2-10,12,20H,11H2,1H3. The summed E-state index contributed by atoms with van der Waals surface area (Å²) in [6.45, 7) is 2.88. The van der Waals surface area contributed by atoms with Gasteiger partial charge < -0.3 is 9.88 Å². The average Bonchev–Trinajstić information content (AvgIpc) is 3.01. The molecule has 0 saturated heterocycles. The molecule has 1 heterocycles. The zero-order valence-electron chi connectivity index (χ0n) is 11.8. The molecular formula is C17H16BrN3. The van der Waals surface area contributed by atoms with Crippen LogP contribution in [0.1, 0.15) is 11.1 Å². The summed E-state index contributed by atoms with van der Waals surface area (Å²) in [4.78, 5) is 4.06. The molecule has 4 heteroatoms. The monoisotopic (exact) mass is 341 g/mol. The summed E-state index contributed by atoms with van der Waals surface area (Å²) in [6, 6.07) is 14.8. The van der Waals surface area contributed by atoms with Crippen molar-refractivity contribution in [2.24, 2.45) is 0 Å². The van der Waals surface area contributed by atoms with Gasteiger partial charge in [-0.05, 0) is 58.2 Å². The Morgan fingerprint density at radius 2 is 1.95 bits per heavy atom. The van der Waals surface area contributed by atoms with E-state index in [-0.39, 0.29) is 0 Å². The van der Waals surface area contributed by atoms with Crippen LogP contribution in [0.3, 0.4) is 0 Å².